The molecule has 1 aromatic heterocycles. The maximum atomic E-state index is 13.6. The number of aliphatic carboxylic acids is 1. The van der Waals surface area contributed by atoms with Crippen molar-refractivity contribution in [2.24, 2.45) is 5.41 Å². The number of nitrogens with one attached hydrogen (secondary N) is 2. The highest BCUT2D eigenvalue weighted by Crippen LogP contribution is 2.32. The van der Waals surface area contributed by atoms with Crippen LogP contribution in [0.2, 0.25) is 0 Å². The highest BCUT2D eigenvalue weighted by molar-refractivity contribution is 5.90. The maximum Gasteiger partial charge on any atom is 0.408 e. The monoisotopic (exact) mass is 472 g/mol. The molecule has 10 heteroatoms. The lowest BCUT2D eigenvalue weighted by Crippen LogP contribution is -2.57. The van der Waals surface area contributed by atoms with E-state index in [1.807, 2.05) is 0 Å². The van der Waals surface area contributed by atoms with Gasteiger partial charge in [0.2, 0.25) is 5.91 Å². The van der Waals surface area contributed by atoms with Crippen LogP contribution in [0, 0.1) is 5.41 Å². The number of carbonyl (C=O) groups excluding carboxylic acids is 2. The standard InChI is InChI=1S/C24H32N4O6/c1-24(2,3)19(26-23(33)34-15-8-4-5-9-15)20(29)27-13-14(12-18(27)21(30)31)28-17-11-7-6-10-16(17)25-22(28)32/h6-7,10-11,14-15,18-19H,4-5,8-9,12-13H2,1-3H3,(H,25,32)(H,26,33)(H,30,31)/t14-,18+,19-/m1/s1. The number of hydrogen-bond acceptors (Lipinski definition) is 5. The van der Waals surface area contributed by atoms with Crippen LogP contribution in [-0.2, 0) is 14.3 Å². The van der Waals surface area contributed by atoms with E-state index in [9.17, 15) is 24.3 Å². The predicted molar refractivity (Wildman–Crippen MR) is 124 cm³/mol. The summed E-state index contributed by atoms with van der Waals surface area (Å²) in [5.74, 6) is -1.65. The molecule has 4 rings (SSSR count). The van der Waals surface area contributed by atoms with Gasteiger partial charge < -0.3 is 25.0 Å². The third kappa shape index (κ3) is 4.67. The van der Waals surface area contributed by atoms with Gasteiger partial charge in [-0.3, -0.25) is 9.36 Å². The minimum atomic E-state index is -1.15. The van der Waals surface area contributed by atoms with E-state index in [0.29, 0.717) is 11.0 Å². The van der Waals surface area contributed by atoms with Crippen molar-refractivity contribution in [3.63, 3.8) is 0 Å². The summed E-state index contributed by atoms with van der Waals surface area (Å²) in [5, 5.41) is 12.6. The lowest BCUT2D eigenvalue weighted by molar-refractivity contribution is -0.150. The summed E-state index contributed by atoms with van der Waals surface area (Å²) in [4.78, 5) is 55.0. The fourth-order valence-corrected chi connectivity index (χ4v) is 5.04. The number of rotatable bonds is 5. The Hall–Kier alpha value is -3.30. The second kappa shape index (κ2) is 9.15. The first-order chi connectivity index (χ1) is 16.1. The minimum Gasteiger partial charge on any atom is -0.480 e. The summed E-state index contributed by atoms with van der Waals surface area (Å²) in [7, 11) is 0. The van der Waals surface area contributed by atoms with Crippen LogP contribution < -0.4 is 11.0 Å². The van der Waals surface area contributed by atoms with E-state index in [0.717, 1.165) is 25.7 Å². The van der Waals surface area contributed by atoms with Gasteiger partial charge >= 0.3 is 17.8 Å². The molecule has 0 spiro atoms. The van der Waals surface area contributed by atoms with Crippen LogP contribution in [0.15, 0.2) is 29.1 Å². The fraction of sp³-hybridized carbons (Fsp3) is 0.583. The Bertz CT molecular complexity index is 1140. The lowest BCUT2D eigenvalue weighted by Gasteiger charge is -2.34. The SMILES string of the molecule is CC(C)(C)[C@H](NC(=O)OC1CCCC1)C(=O)N1C[C@H](n2c(=O)[nH]c3ccccc32)C[C@H]1C(=O)O. The van der Waals surface area contributed by atoms with Gasteiger partial charge in [-0.15, -0.1) is 0 Å². The Morgan fingerprint density at radius 2 is 1.85 bits per heavy atom. The third-order valence-electron chi connectivity index (χ3n) is 6.79. The van der Waals surface area contributed by atoms with Crippen LogP contribution >= 0.6 is 0 Å². The number of aromatic amines is 1. The van der Waals surface area contributed by atoms with Crippen LogP contribution in [0.5, 0.6) is 0 Å². The highest BCUT2D eigenvalue weighted by Gasteiger charge is 2.46. The smallest absolute Gasteiger partial charge is 0.408 e. The summed E-state index contributed by atoms with van der Waals surface area (Å²) in [6, 6.07) is 4.55. The zero-order valence-corrected chi connectivity index (χ0v) is 19.7. The van der Waals surface area contributed by atoms with Crippen molar-refractivity contribution in [3.05, 3.63) is 34.7 Å². The molecule has 3 atom stereocenters. The summed E-state index contributed by atoms with van der Waals surface area (Å²) < 4.78 is 7.00. The molecule has 1 aliphatic heterocycles. The van der Waals surface area contributed by atoms with Gasteiger partial charge in [0.05, 0.1) is 17.1 Å². The van der Waals surface area contributed by atoms with E-state index in [-0.39, 0.29) is 24.8 Å². The summed E-state index contributed by atoms with van der Waals surface area (Å²) in [6.07, 6.45) is 2.87. The first kappa shape index (κ1) is 23.8. The number of likely N-dealkylation sites (tertiary alicyclic amines) is 1. The Kier molecular flexibility index (Phi) is 6.42. The van der Waals surface area contributed by atoms with Crippen molar-refractivity contribution >= 4 is 29.0 Å². The highest BCUT2D eigenvalue weighted by atomic mass is 16.6. The Morgan fingerprint density at radius 1 is 1.18 bits per heavy atom. The molecular weight excluding hydrogens is 440 g/mol. The molecule has 2 amide bonds. The number of fused-ring (bicyclic) bond motifs is 1. The van der Waals surface area contributed by atoms with E-state index in [1.54, 1.807) is 45.0 Å². The summed E-state index contributed by atoms with van der Waals surface area (Å²) >= 11 is 0. The lowest BCUT2D eigenvalue weighted by atomic mass is 9.85. The summed E-state index contributed by atoms with van der Waals surface area (Å²) in [6.45, 7) is 5.46. The molecular formula is C24H32N4O6. The van der Waals surface area contributed by atoms with E-state index in [4.69, 9.17) is 4.74 Å². The van der Waals surface area contributed by atoms with Crippen LogP contribution in [0.25, 0.3) is 11.0 Å². The number of imidazole rings is 1. The molecule has 0 unspecified atom stereocenters. The Balaban J connectivity index is 1.58. The molecule has 184 valence electrons. The van der Waals surface area contributed by atoms with Gasteiger partial charge in [-0.2, -0.15) is 0 Å². The number of hydrogen-bond donors (Lipinski definition) is 3. The normalized spacial score (nSPS) is 22.1. The number of aromatic nitrogens is 2. The van der Waals surface area contributed by atoms with Crippen molar-refractivity contribution < 1.29 is 24.2 Å². The number of benzene rings is 1. The van der Waals surface area contributed by atoms with Crippen molar-refractivity contribution in [2.75, 3.05) is 6.54 Å². The number of carboxylic acids is 1. The van der Waals surface area contributed by atoms with E-state index < -0.39 is 41.5 Å². The van der Waals surface area contributed by atoms with E-state index in [1.165, 1.54) is 9.47 Å². The van der Waals surface area contributed by atoms with Gasteiger partial charge in [0.25, 0.3) is 0 Å². The van der Waals surface area contributed by atoms with Gasteiger partial charge in [0, 0.05) is 13.0 Å². The van der Waals surface area contributed by atoms with Crippen LogP contribution in [0.3, 0.4) is 0 Å². The first-order valence-corrected chi connectivity index (χ1v) is 11.8. The predicted octanol–water partition coefficient (Wildman–Crippen LogP) is 2.64. The molecule has 2 heterocycles. The summed E-state index contributed by atoms with van der Waals surface area (Å²) in [5.41, 5.74) is 0.259. The van der Waals surface area contributed by atoms with Crippen molar-refractivity contribution in [2.45, 2.75) is 77.1 Å². The van der Waals surface area contributed by atoms with Crippen LogP contribution in [0.1, 0.15) is 58.9 Å². The number of alkyl carbamates (subject to hydrolysis) is 1. The molecule has 34 heavy (non-hydrogen) atoms. The maximum absolute atomic E-state index is 13.6. The van der Waals surface area contributed by atoms with Gasteiger partial charge in [-0.25, -0.2) is 14.4 Å². The molecule has 2 aliphatic rings. The van der Waals surface area contributed by atoms with Gasteiger partial charge in [0.15, 0.2) is 0 Å². The van der Waals surface area contributed by atoms with Crippen LogP contribution in [-0.4, -0.2) is 62.3 Å². The zero-order chi connectivity index (χ0) is 24.6. The van der Waals surface area contributed by atoms with Crippen molar-refractivity contribution in [1.29, 1.82) is 0 Å². The molecule has 1 aromatic carbocycles. The van der Waals surface area contributed by atoms with Crippen molar-refractivity contribution in [1.82, 2.24) is 19.8 Å². The molecule has 0 radical (unpaired) electrons. The quantitative estimate of drug-likeness (QED) is 0.613. The average molecular weight is 473 g/mol. The Morgan fingerprint density at radius 3 is 2.50 bits per heavy atom. The first-order valence-electron chi connectivity index (χ1n) is 11.8. The molecule has 10 nitrogen and oxygen atoms in total. The average Bonchev–Trinajstić information content (AvgIpc) is 3.48. The number of amides is 2. The van der Waals surface area contributed by atoms with E-state index in [2.05, 4.69) is 10.3 Å². The zero-order valence-electron chi connectivity index (χ0n) is 19.7. The molecule has 1 saturated heterocycles. The number of H-pyrrole nitrogens is 1. The van der Waals surface area contributed by atoms with Crippen LogP contribution in [0.4, 0.5) is 4.79 Å². The topological polar surface area (TPSA) is 134 Å². The minimum absolute atomic E-state index is 0.0451. The van der Waals surface area contributed by atoms with Crippen molar-refractivity contribution in [3.8, 4) is 0 Å². The number of carbonyl (C=O) groups is 3. The van der Waals surface area contributed by atoms with Gasteiger partial charge in [-0.1, -0.05) is 32.9 Å². The number of carboxylic acid groups (broad SMARTS) is 1. The van der Waals surface area contributed by atoms with E-state index >= 15 is 0 Å². The molecule has 2 aromatic rings. The van der Waals surface area contributed by atoms with Gasteiger partial charge in [0.1, 0.15) is 18.2 Å². The largest absolute Gasteiger partial charge is 0.480 e. The molecule has 1 saturated carbocycles. The number of para-hydroxylation sites is 2. The number of ether oxygens (including phenoxy) is 1. The molecule has 0 bridgehead atoms. The molecule has 1 aliphatic carbocycles. The fourth-order valence-electron chi connectivity index (χ4n) is 5.04. The second-order valence-electron chi connectivity index (χ2n) is 10.3. The number of nitrogens with zero attached hydrogens (tertiary/aromatic N) is 2. The van der Waals surface area contributed by atoms with Gasteiger partial charge in [-0.05, 0) is 43.2 Å². The second-order valence-corrected chi connectivity index (χ2v) is 10.3. The molecule has 3 N–H and O–H groups in total. The third-order valence-corrected chi connectivity index (χ3v) is 6.79. The molecule has 2 fully saturated rings. The Labute approximate surface area is 197 Å².